The van der Waals surface area contributed by atoms with Crippen LogP contribution in [0, 0.1) is 0 Å². The summed E-state index contributed by atoms with van der Waals surface area (Å²) in [5, 5.41) is 0. The van der Waals surface area contributed by atoms with E-state index in [0.717, 1.165) is 5.69 Å². The molecule has 0 atom stereocenters. The van der Waals surface area contributed by atoms with Crippen molar-refractivity contribution >= 4 is 21.2 Å². The van der Waals surface area contributed by atoms with Crippen LogP contribution in [0.25, 0.3) is 0 Å². The summed E-state index contributed by atoms with van der Waals surface area (Å²) in [6, 6.07) is 5.13. The third-order valence-electron chi connectivity index (χ3n) is 3.38. The second-order valence-corrected chi connectivity index (χ2v) is 7.46. The van der Waals surface area contributed by atoms with E-state index in [0.29, 0.717) is 25.4 Å². The molecule has 0 radical (unpaired) electrons. The van der Waals surface area contributed by atoms with Crippen molar-refractivity contribution in [1.82, 2.24) is 0 Å². The summed E-state index contributed by atoms with van der Waals surface area (Å²) < 4.78 is 28.9. The SMILES string of the molecule is CC1(C)COCCN1c1cccc(S(C)(=O)=O)c1N. The summed E-state index contributed by atoms with van der Waals surface area (Å²) in [4.78, 5) is 2.30. The van der Waals surface area contributed by atoms with Gasteiger partial charge in [0.2, 0.25) is 0 Å². The largest absolute Gasteiger partial charge is 0.396 e. The van der Waals surface area contributed by atoms with Crippen molar-refractivity contribution in [2.45, 2.75) is 24.3 Å². The molecule has 1 aromatic rings. The first-order valence-corrected chi connectivity index (χ1v) is 8.06. The van der Waals surface area contributed by atoms with Crippen molar-refractivity contribution in [3.8, 4) is 0 Å². The lowest BCUT2D eigenvalue weighted by Crippen LogP contribution is -2.53. The molecule has 0 aliphatic carbocycles. The summed E-state index contributed by atoms with van der Waals surface area (Å²) in [5.41, 5.74) is 6.93. The van der Waals surface area contributed by atoms with E-state index in [2.05, 4.69) is 18.7 Å². The number of para-hydroxylation sites is 1. The molecule has 1 fully saturated rings. The van der Waals surface area contributed by atoms with Gasteiger partial charge in [-0.15, -0.1) is 0 Å². The predicted octanol–water partition coefficient (Wildman–Crippen LogP) is 1.29. The van der Waals surface area contributed by atoms with Crippen LogP contribution in [0.2, 0.25) is 0 Å². The van der Waals surface area contributed by atoms with E-state index < -0.39 is 9.84 Å². The maximum atomic E-state index is 11.7. The topological polar surface area (TPSA) is 72.6 Å². The zero-order chi connectivity index (χ0) is 14.3. The third kappa shape index (κ3) is 2.69. The Morgan fingerprint density at radius 2 is 2.05 bits per heavy atom. The van der Waals surface area contributed by atoms with E-state index >= 15 is 0 Å². The number of nitrogens with two attached hydrogens (primary N) is 1. The third-order valence-corrected chi connectivity index (χ3v) is 4.53. The van der Waals surface area contributed by atoms with Gasteiger partial charge in [-0.2, -0.15) is 0 Å². The number of anilines is 2. The highest BCUT2D eigenvalue weighted by molar-refractivity contribution is 7.90. The molecule has 6 heteroatoms. The van der Waals surface area contributed by atoms with Crippen molar-refractivity contribution in [1.29, 1.82) is 0 Å². The molecule has 19 heavy (non-hydrogen) atoms. The van der Waals surface area contributed by atoms with Gasteiger partial charge in [-0.05, 0) is 26.0 Å². The Morgan fingerprint density at radius 3 is 2.63 bits per heavy atom. The summed E-state index contributed by atoms with van der Waals surface area (Å²) in [6.45, 7) is 6.02. The molecular weight excluding hydrogens is 264 g/mol. The minimum absolute atomic E-state index is 0.187. The smallest absolute Gasteiger partial charge is 0.177 e. The fourth-order valence-corrected chi connectivity index (χ4v) is 3.23. The molecule has 0 amide bonds. The van der Waals surface area contributed by atoms with E-state index in [1.54, 1.807) is 12.1 Å². The van der Waals surface area contributed by atoms with Crippen molar-refractivity contribution in [2.24, 2.45) is 0 Å². The van der Waals surface area contributed by atoms with Crippen LogP contribution < -0.4 is 10.6 Å². The van der Waals surface area contributed by atoms with Crippen molar-refractivity contribution in [2.75, 3.05) is 36.6 Å². The highest BCUT2D eigenvalue weighted by Crippen LogP contribution is 2.35. The minimum Gasteiger partial charge on any atom is -0.396 e. The number of benzene rings is 1. The van der Waals surface area contributed by atoms with E-state index in [-0.39, 0.29) is 10.4 Å². The average molecular weight is 284 g/mol. The zero-order valence-corrected chi connectivity index (χ0v) is 12.3. The predicted molar refractivity (Wildman–Crippen MR) is 76.2 cm³/mol. The molecule has 1 aliphatic rings. The van der Waals surface area contributed by atoms with E-state index in [4.69, 9.17) is 10.5 Å². The number of hydrogen-bond acceptors (Lipinski definition) is 5. The van der Waals surface area contributed by atoms with Gasteiger partial charge in [-0.1, -0.05) is 6.07 Å². The molecule has 0 bridgehead atoms. The standard InChI is InChI=1S/C13H20N2O3S/c1-13(2)9-18-8-7-15(13)10-5-4-6-11(12(10)14)19(3,16)17/h4-6H,7-9,14H2,1-3H3. The van der Waals surface area contributed by atoms with Crippen LogP contribution in [0.1, 0.15) is 13.8 Å². The lowest BCUT2D eigenvalue weighted by molar-refractivity contribution is 0.0645. The van der Waals surface area contributed by atoms with E-state index in [1.807, 2.05) is 6.07 Å². The van der Waals surface area contributed by atoms with E-state index in [1.165, 1.54) is 6.26 Å². The lowest BCUT2D eigenvalue weighted by atomic mass is 10.0. The molecule has 1 heterocycles. The lowest BCUT2D eigenvalue weighted by Gasteiger charge is -2.44. The number of ether oxygens (including phenoxy) is 1. The Morgan fingerprint density at radius 1 is 1.37 bits per heavy atom. The van der Waals surface area contributed by atoms with Gasteiger partial charge in [0, 0.05) is 12.8 Å². The fourth-order valence-electron chi connectivity index (χ4n) is 2.40. The highest BCUT2D eigenvalue weighted by atomic mass is 32.2. The molecule has 1 aliphatic heterocycles. The number of nitrogens with zero attached hydrogens (tertiary/aromatic N) is 1. The van der Waals surface area contributed by atoms with Gasteiger partial charge in [-0.25, -0.2) is 8.42 Å². The molecule has 0 aromatic heterocycles. The molecule has 2 rings (SSSR count). The fraction of sp³-hybridized carbons (Fsp3) is 0.538. The van der Waals surface area contributed by atoms with Gasteiger partial charge in [0.25, 0.3) is 0 Å². The highest BCUT2D eigenvalue weighted by Gasteiger charge is 2.32. The Labute approximate surface area is 114 Å². The molecule has 106 valence electrons. The maximum absolute atomic E-state index is 11.7. The molecule has 0 unspecified atom stereocenters. The number of nitrogen functional groups attached to an aromatic ring is 1. The van der Waals surface area contributed by atoms with Gasteiger partial charge in [0.1, 0.15) is 0 Å². The van der Waals surface area contributed by atoms with Crippen LogP contribution in [-0.4, -0.2) is 40.0 Å². The normalized spacial score (nSPS) is 19.4. The second-order valence-electron chi connectivity index (χ2n) is 5.48. The molecule has 1 saturated heterocycles. The van der Waals surface area contributed by atoms with Crippen LogP contribution in [-0.2, 0) is 14.6 Å². The first-order valence-electron chi connectivity index (χ1n) is 6.17. The Kier molecular flexibility index (Phi) is 3.49. The number of sulfone groups is 1. The molecule has 0 spiro atoms. The van der Waals surface area contributed by atoms with E-state index in [9.17, 15) is 8.42 Å². The maximum Gasteiger partial charge on any atom is 0.177 e. The van der Waals surface area contributed by atoms with Crippen LogP contribution in [0.3, 0.4) is 0 Å². The second kappa shape index (κ2) is 4.68. The monoisotopic (exact) mass is 284 g/mol. The summed E-state index contributed by atoms with van der Waals surface area (Å²) in [5.74, 6) is 0. The number of hydrogen-bond donors (Lipinski definition) is 1. The number of morpholine rings is 1. The summed E-state index contributed by atoms with van der Waals surface area (Å²) in [7, 11) is -3.31. The first kappa shape index (κ1) is 14.1. The quantitative estimate of drug-likeness (QED) is 0.828. The zero-order valence-electron chi connectivity index (χ0n) is 11.5. The van der Waals surface area contributed by atoms with Crippen LogP contribution in [0.15, 0.2) is 23.1 Å². The average Bonchev–Trinajstić information content (AvgIpc) is 2.28. The summed E-state index contributed by atoms with van der Waals surface area (Å²) >= 11 is 0. The van der Waals surface area contributed by atoms with Gasteiger partial charge in [0.05, 0.1) is 35.0 Å². The Hall–Kier alpha value is -1.27. The van der Waals surface area contributed by atoms with Gasteiger partial charge < -0.3 is 15.4 Å². The van der Waals surface area contributed by atoms with Crippen molar-refractivity contribution in [3.05, 3.63) is 18.2 Å². The molecule has 5 nitrogen and oxygen atoms in total. The van der Waals surface area contributed by atoms with Crippen LogP contribution in [0.4, 0.5) is 11.4 Å². The van der Waals surface area contributed by atoms with Gasteiger partial charge in [0.15, 0.2) is 9.84 Å². The van der Waals surface area contributed by atoms with Crippen molar-refractivity contribution in [3.63, 3.8) is 0 Å². The Balaban J connectivity index is 2.52. The summed E-state index contributed by atoms with van der Waals surface area (Å²) in [6.07, 6.45) is 1.17. The molecular formula is C13H20N2O3S. The Bertz CT molecular complexity index is 582. The molecule has 1 aromatic carbocycles. The first-order chi connectivity index (χ1) is 8.73. The minimum atomic E-state index is -3.31. The van der Waals surface area contributed by atoms with Crippen molar-refractivity contribution < 1.29 is 13.2 Å². The number of rotatable bonds is 2. The van der Waals surface area contributed by atoms with Gasteiger partial charge in [-0.3, -0.25) is 0 Å². The molecule has 2 N–H and O–H groups in total. The van der Waals surface area contributed by atoms with Crippen LogP contribution >= 0.6 is 0 Å². The van der Waals surface area contributed by atoms with Crippen LogP contribution in [0.5, 0.6) is 0 Å². The van der Waals surface area contributed by atoms with Gasteiger partial charge >= 0.3 is 0 Å². The molecule has 0 saturated carbocycles.